The molecule has 0 radical (unpaired) electrons. The number of aromatic hydroxyl groups is 1. The van der Waals surface area contributed by atoms with Crippen LogP contribution in [0.1, 0.15) is 24.5 Å². The number of hydrogen-bond donors (Lipinski definition) is 7. The number of nitrogens with one attached hydrogen (secondary N) is 4. The van der Waals surface area contributed by atoms with Gasteiger partial charge < -0.3 is 37.8 Å². The van der Waals surface area contributed by atoms with Gasteiger partial charge >= 0.3 is 0 Å². The highest BCUT2D eigenvalue weighted by atomic mass is 16.3. The van der Waals surface area contributed by atoms with Gasteiger partial charge in [-0.05, 0) is 49.4 Å². The average Bonchev–Trinajstić information content (AvgIpc) is 3.03. The van der Waals surface area contributed by atoms with E-state index in [1.165, 1.54) is 26.1 Å². The topological polar surface area (TPSA) is 206 Å². The van der Waals surface area contributed by atoms with Gasteiger partial charge in [-0.15, -0.1) is 0 Å². The molecule has 1 aliphatic rings. The zero-order valence-corrected chi connectivity index (χ0v) is 24.8. The fraction of sp³-hybridized carbons (Fsp3) is 0.344. The van der Waals surface area contributed by atoms with Crippen LogP contribution in [-0.2, 0) is 36.8 Å². The highest BCUT2D eigenvalue weighted by molar-refractivity contribution is 6.01. The number of carbonyl (C=O) groups is 5. The first kappa shape index (κ1) is 33.7. The highest BCUT2D eigenvalue weighted by Gasteiger charge is 2.49. The number of nitrogens with two attached hydrogens (primary N) is 2. The second-order valence-corrected chi connectivity index (χ2v) is 10.7. The van der Waals surface area contributed by atoms with E-state index in [1.54, 1.807) is 36.4 Å². The lowest BCUT2D eigenvalue weighted by molar-refractivity contribution is -0.138. The van der Waals surface area contributed by atoms with Crippen molar-refractivity contribution in [1.29, 1.82) is 0 Å². The Bertz CT molecular complexity index is 1390. The third-order valence-electron chi connectivity index (χ3n) is 7.42. The van der Waals surface area contributed by atoms with Crippen LogP contribution >= 0.6 is 0 Å². The van der Waals surface area contributed by atoms with Gasteiger partial charge in [0, 0.05) is 7.05 Å². The van der Waals surface area contributed by atoms with Crippen LogP contribution < -0.4 is 32.7 Å². The molecule has 9 N–H and O–H groups in total. The third kappa shape index (κ3) is 8.85. The largest absolute Gasteiger partial charge is 0.508 e. The summed E-state index contributed by atoms with van der Waals surface area (Å²) >= 11 is 0. The number of allylic oxidation sites excluding steroid dienone is 3. The number of carbonyl (C=O) groups excluding carboxylic acids is 5. The summed E-state index contributed by atoms with van der Waals surface area (Å²) in [7, 11) is 1.39. The first-order valence-corrected chi connectivity index (χ1v) is 14.3. The van der Waals surface area contributed by atoms with Crippen molar-refractivity contribution in [2.24, 2.45) is 16.9 Å². The van der Waals surface area contributed by atoms with Crippen molar-refractivity contribution in [3.05, 3.63) is 90.0 Å². The lowest BCUT2D eigenvalue weighted by atomic mass is 9.68. The van der Waals surface area contributed by atoms with Gasteiger partial charge in [0.1, 0.15) is 17.8 Å². The highest BCUT2D eigenvalue weighted by Crippen LogP contribution is 2.35. The molecular weight excluding hydrogens is 564 g/mol. The molecule has 0 bridgehead atoms. The molecule has 0 saturated heterocycles. The van der Waals surface area contributed by atoms with E-state index in [-0.39, 0.29) is 25.0 Å². The van der Waals surface area contributed by atoms with Crippen molar-refractivity contribution in [3.8, 4) is 5.75 Å². The van der Waals surface area contributed by atoms with Gasteiger partial charge in [0.05, 0.1) is 24.0 Å². The molecule has 3 rings (SSSR count). The Morgan fingerprint density at radius 1 is 0.841 bits per heavy atom. The van der Waals surface area contributed by atoms with Crippen molar-refractivity contribution >= 4 is 29.4 Å². The van der Waals surface area contributed by atoms with Crippen LogP contribution in [0.2, 0.25) is 0 Å². The van der Waals surface area contributed by atoms with Crippen LogP contribution in [0.25, 0.3) is 0 Å². The van der Waals surface area contributed by atoms with Crippen molar-refractivity contribution in [3.63, 3.8) is 0 Å². The van der Waals surface area contributed by atoms with Crippen LogP contribution in [-0.4, -0.2) is 72.3 Å². The van der Waals surface area contributed by atoms with E-state index < -0.39 is 65.5 Å². The Balaban J connectivity index is 1.63. The van der Waals surface area contributed by atoms with Crippen molar-refractivity contribution in [2.75, 3.05) is 13.6 Å². The standard InChI is InChI=1S/C32H40N6O6/c1-20(37-30(43)25(34)18-22-11-13-23(39)14-12-22)29(42)36-19-26(40)38-27(31(44)35-2)32(15-7-4-8-16-32)28(41)24(33)17-21-9-5-3-6-10-21/h3-15,20,24-25,27,39H,16-19,33-34H2,1-2H3,(H,35,44)(H,36,42)(H,37,43)(H,38,40)/t20-,24+,25+,27+,32?/m1/s1. The summed E-state index contributed by atoms with van der Waals surface area (Å²) in [5.41, 5.74) is 12.4. The molecule has 44 heavy (non-hydrogen) atoms. The smallest absolute Gasteiger partial charge is 0.243 e. The zero-order chi connectivity index (χ0) is 32.3. The van der Waals surface area contributed by atoms with E-state index in [2.05, 4.69) is 21.3 Å². The molecule has 0 aliphatic heterocycles. The molecule has 4 amide bonds. The van der Waals surface area contributed by atoms with E-state index in [1.807, 2.05) is 30.3 Å². The Hall–Kier alpha value is -4.81. The summed E-state index contributed by atoms with van der Waals surface area (Å²) in [5, 5.41) is 19.5. The third-order valence-corrected chi connectivity index (χ3v) is 7.42. The number of phenols is 1. The molecule has 12 heteroatoms. The zero-order valence-electron chi connectivity index (χ0n) is 24.8. The Labute approximate surface area is 256 Å². The molecule has 0 aromatic heterocycles. The predicted molar refractivity (Wildman–Crippen MR) is 165 cm³/mol. The maximum Gasteiger partial charge on any atom is 0.243 e. The first-order valence-electron chi connectivity index (χ1n) is 14.3. The fourth-order valence-electron chi connectivity index (χ4n) is 4.95. The van der Waals surface area contributed by atoms with Crippen LogP contribution in [0.5, 0.6) is 5.75 Å². The van der Waals surface area contributed by atoms with Crippen LogP contribution in [0.15, 0.2) is 78.9 Å². The molecule has 1 unspecified atom stereocenters. The Kier molecular flexibility index (Phi) is 11.9. The Morgan fingerprint density at radius 3 is 2.09 bits per heavy atom. The number of Topliss-reactive ketones (excluding diaryl/α,β-unsaturated/α-hetero) is 1. The predicted octanol–water partition coefficient (Wildman–Crippen LogP) is -0.245. The van der Waals surface area contributed by atoms with Gasteiger partial charge in [-0.25, -0.2) is 0 Å². The minimum Gasteiger partial charge on any atom is -0.508 e. The molecule has 2 aromatic rings. The van der Waals surface area contributed by atoms with Gasteiger partial charge in [0.25, 0.3) is 0 Å². The molecule has 2 aromatic carbocycles. The quantitative estimate of drug-likeness (QED) is 0.153. The van der Waals surface area contributed by atoms with Gasteiger partial charge in [-0.1, -0.05) is 66.8 Å². The van der Waals surface area contributed by atoms with Crippen molar-refractivity contribution in [2.45, 2.75) is 50.4 Å². The van der Waals surface area contributed by atoms with E-state index >= 15 is 0 Å². The van der Waals surface area contributed by atoms with E-state index in [0.717, 1.165) is 11.1 Å². The monoisotopic (exact) mass is 604 g/mol. The number of hydrogen-bond acceptors (Lipinski definition) is 8. The molecule has 12 nitrogen and oxygen atoms in total. The second kappa shape index (κ2) is 15.6. The van der Waals surface area contributed by atoms with Gasteiger partial charge in [-0.3, -0.25) is 24.0 Å². The van der Waals surface area contributed by atoms with E-state index in [0.29, 0.717) is 0 Å². The maximum absolute atomic E-state index is 13.8. The van der Waals surface area contributed by atoms with Crippen molar-refractivity contribution in [1.82, 2.24) is 21.3 Å². The number of ketones is 1. The molecule has 5 atom stereocenters. The molecule has 0 heterocycles. The summed E-state index contributed by atoms with van der Waals surface area (Å²) in [6.45, 7) is 0.915. The fourth-order valence-corrected chi connectivity index (χ4v) is 4.95. The number of likely N-dealkylation sites (N-methyl/N-ethyl adjacent to an activating group) is 1. The second-order valence-electron chi connectivity index (χ2n) is 10.7. The number of phenolic OH excluding ortho intramolecular Hbond substituents is 1. The number of benzene rings is 2. The minimum atomic E-state index is -1.46. The van der Waals surface area contributed by atoms with E-state index in [9.17, 15) is 29.1 Å². The summed E-state index contributed by atoms with van der Waals surface area (Å²) in [6, 6.07) is 11.2. The van der Waals surface area contributed by atoms with Crippen LogP contribution in [0.4, 0.5) is 0 Å². The lowest BCUT2D eigenvalue weighted by Gasteiger charge is -2.38. The van der Waals surface area contributed by atoms with Crippen LogP contribution in [0, 0.1) is 5.41 Å². The number of amides is 4. The average molecular weight is 605 g/mol. The molecule has 0 spiro atoms. The molecule has 234 valence electrons. The molecular formula is C32H40N6O6. The first-order chi connectivity index (χ1) is 21.0. The van der Waals surface area contributed by atoms with Gasteiger partial charge in [0.15, 0.2) is 5.78 Å². The summed E-state index contributed by atoms with van der Waals surface area (Å²) in [6.07, 6.45) is 7.24. The summed E-state index contributed by atoms with van der Waals surface area (Å²) < 4.78 is 0. The number of rotatable bonds is 14. The Morgan fingerprint density at radius 2 is 1.48 bits per heavy atom. The van der Waals surface area contributed by atoms with Crippen LogP contribution in [0.3, 0.4) is 0 Å². The molecule has 0 saturated carbocycles. The minimum absolute atomic E-state index is 0.0863. The SMILES string of the molecule is CNC(=O)[C@H](NC(=O)CNC(=O)[C@@H](C)NC(=O)[C@@H](N)Cc1ccc(O)cc1)C1(C(=O)[C@@H](N)Cc2ccccc2)C=CC=CC1. The molecule has 0 fully saturated rings. The lowest BCUT2D eigenvalue weighted by Crippen LogP contribution is -2.62. The summed E-state index contributed by atoms with van der Waals surface area (Å²) in [5.74, 6) is -2.88. The normalized spacial score (nSPS) is 18.3. The van der Waals surface area contributed by atoms with Crippen molar-refractivity contribution < 1.29 is 29.1 Å². The van der Waals surface area contributed by atoms with E-state index in [4.69, 9.17) is 11.5 Å². The summed E-state index contributed by atoms with van der Waals surface area (Å²) in [4.78, 5) is 65.1. The maximum atomic E-state index is 13.8. The van der Waals surface area contributed by atoms with Gasteiger partial charge in [0.2, 0.25) is 23.6 Å². The van der Waals surface area contributed by atoms with Gasteiger partial charge in [-0.2, -0.15) is 0 Å². The molecule has 1 aliphatic carbocycles.